The molecular weight excluding hydrogens is 304 g/mol. The first kappa shape index (κ1) is 15.0. The van der Waals surface area contributed by atoms with E-state index in [9.17, 15) is 4.79 Å². The summed E-state index contributed by atoms with van der Waals surface area (Å²) in [5, 5.41) is 6.47. The van der Waals surface area contributed by atoms with Crippen molar-refractivity contribution in [1.29, 1.82) is 0 Å². The summed E-state index contributed by atoms with van der Waals surface area (Å²) in [5.41, 5.74) is 5.44. The fourth-order valence-electron chi connectivity index (χ4n) is 3.28. The zero-order chi connectivity index (χ0) is 16.5. The minimum atomic E-state index is -0.0560. The summed E-state index contributed by atoms with van der Waals surface area (Å²) in [4.78, 5) is 14.2. The molecule has 2 aliphatic heterocycles. The third-order valence-electron chi connectivity index (χ3n) is 4.59. The Hall–Kier alpha value is -2.60. The highest BCUT2D eigenvalue weighted by atomic mass is 16.5. The van der Waals surface area contributed by atoms with Crippen LogP contribution in [0.5, 0.6) is 5.75 Å². The number of ether oxygens (including phenoxy) is 1. The highest BCUT2D eigenvalue weighted by Crippen LogP contribution is 2.26. The summed E-state index contributed by atoms with van der Waals surface area (Å²) >= 11 is 0. The standard InChI is InChI=1S/C18H20N4O2/c1-24-14-8-6-13(7-9-14)12-21-17(10-11-18(21)23)22-19-15-4-2-3-5-16(15)20-22/h2-9,15,17,19H,10-12H2,1H3. The lowest BCUT2D eigenvalue weighted by atomic mass is 10.1. The molecule has 0 saturated carbocycles. The second kappa shape index (κ2) is 6.13. The van der Waals surface area contributed by atoms with Gasteiger partial charge < -0.3 is 9.64 Å². The molecule has 0 radical (unpaired) electrons. The monoisotopic (exact) mass is 324 g/mol. The molecule has 0 bridgehead atoms. The van der Waals surface area contributed by atoms with Crippen molar-refractivity contribution in [2.45, 2.75) is 31.6 Å². The van der Waals surface area contributed by atoms with Gasteiger partial charge in [0.25, 0.3) is 0 Å². The number of amides is 1. The van der Waals surface area contributed by atoms with Crippen LogP contribution in [0.4, 0.5) is 0 Å². The van der Waals surface area contributed by atoms with Crippen LogP contribution in [-0.4, -0.2) is 41.0 Å². The Labute approximate surface area is 141 Å². The predicted molar refractivity (Wildman–Crippen MR) is 91.0 cm³/mol. The van der Waals surface area contributed by atoms with Crippen LogP contribution in [0.3, 0.4) is 0 Å². The number of likely N-dealkylation sites (tertiary alicyclic amines) is 1. The molecule has 1 aromatic rings. The van der Waals surface area contributed by atoms with Gasteiger partial charge in [-0.25, -0.2) is 10.5 Å². The fourth-order valence-corrected chi connectivity index (χ4v) is 3.28. The van der Waals surface area contributed by atoms with E-state index in [-0.39, 0.29) is 18.1 Å². The summed E-state index contributed by atoms with van der Waals surface area (Å²) in [7, 11) is 1.65. The number of hydrazine groups is 1. The molecule has 6 nitrogen and oxygen atoms in total. The first-order valence-electron chi connectivity index (χ1n) is 8.16. The fraction of sp³-hybridized carbons (Fsp3) is 0.333. The molecule has 2 unspecified atom stereocenters. The third-order valence-corrected chi connectivity index (χ3v) is 4.59. The van der Waals surface area contributed by atoms with Crippen LogP contribution in [0.25, 0.3) is 0 Å². The normalized spacial score (nSPS) is 25.2. The van der Waals surface area contributed by atoms with Crippen LogP contribution < -0.4 is 10.2 Å². The highest BCUT2D eigenvalue weighted by Gasteiger charge is 2.38. The topological polar surface area (TPSA) is 57.2 Å². The van der Waals surface area contributed by atoms with Gasteiger partial charge in [0, 0.05) is 13.0 Å². The van der Waals surface area contributed by atoms with Gasteiger partial charge >= 0.3 is 0 Å². The third kappa shape index (κ3) is 2.69. The van der Waals surface area contributed by atoms with E-state index in [1.54, 1.807) is 7.11 Å². The molecule has 1 fully saturated rings. The van der Waals surface area contributed by atoms with Crippen molar-refractivity contribution in [3.05, 3.63) is 54.1 Å². The number of carbonyl (C=O) groups excluding carboxylic acids is 1. The molecule has 1 N–H and O–H groups in total. The van der Waals surface area contributed by atoms with Crippen molar-refractivity contribution in [2.24, 2.45) is 5.10 Å². The molecule has 2 heterocycles. The Bertz CT molecular complexity index is 723. The molecule has 6 heteroatoms. The molecule has 0 spiro atoms. The average molecular weight is 324 g/mol. The second-order valence-electron chi connectivity index (χ2n) is 6.11. The van der Waals surface area contributed by atoms with Crippen molar-refractivity contribution in [3.8, 4) is 5.75 Å². The Morgan fingerprint density at radius 2 is 2.12 bits per heavy atom. The smallest absolute Gasteiger partial charge is 0.224 e. The molecule has 24 heavy (non-hydrogen) atoms. The molecule has 1 aromatic carbocycles. The highest BCUT2D eigenvalue weighted by molar-refractivity contribution is 6.02. The van der Waals surface area contributed by atoms with Crippen LogP contribution in [0.1, 0.15) is 18.4 Å². The number of benzene rings is 1. The van der Waals surface area contributed by atoms with E-state index in [1.165, 1.54) is 0 Å². The number of rotatable bonds is 4. The number of allylic oxidation sites excluding steroid dienone is 2. The Balaban J connectivity index is 1.51. The minimum absolute atomic E-state index is 0.0560. The molecule has 4 rings (SSSR count). The van der Waals surface area contributed by atoms with Gasteiger partial charge in [0.15, 0.2) is 0 Å². The SMILES string of the molecule is COc1ccc(CN2C(=O)CCC2N2N=C3C=CC=CC3N2)cc1. The number of hydrogen-bond acceptors (Lipinski definition) is 5. The molecule has 1 amide bonds. The number of hydrazone groups is 1. The maximum absolute atomic E-state index is 12.4. The number of hydrogen-bond donors (Lipinski definition) is 1. The summed E-state index contributed by atoms with van der Waals surface area (Å²) in [5.74, 6) is 0.983. The number of nitrogens with zero attached hydrogens (tertiary/aromatic N) is 3. The van der Waals surface area contributed by atoms with Crippen molar-refractivity contribution in [1.82, 2.24) is 15.4 Å². The number of fused-ring (bicyclic) bond motifs is 1. The summed E-state index contributed by atoms with van der Waals surface area (Å²) in [6, 6.07) is 7.94. The predicted octanol–water partition coefficient (Wildman–Crippen LogP) is 1.81. The van der Waals surface area contributed by atoms with E-state index in [0.717, 1.165) is 23.4 Å². The molecule has 0 aromatic heterocycles. The van der Waals surface area contributed by atoms with Gasteiger partial charge in [0.1, 0.15) is 11.9 Å². The van der Waals surface area contributed by atoms with Gasteiger partial charge in [-0.15, -0.1) is 0 Å². The van der Waals surface area contributed by atoms with E-state index in [2.05, 4.69) is 16.6 Å². The zero-order valence-electron chi connectivity index (χ0n) is 13.6. The summed E-state index contributed by atoms with van der Waals surface area (Å²) in [6.07, 6.45) is 9.34. The van der Waals surface area contributed by atoms with Crippen molar-refractivity contribution < 1.29 is 9.53 Å². The van der Waals surface area contributed by atoms with E-state index in [4.69, 9.17) is 4.74 Å². The Morgan fingerprint density at radius 1 is 1.29 bits per heavy atom. The van der Waals surface area contributed by atoms with Crippen molar-refractivity contribution in [3.63, 3.8) is 0 Å². The lowest BCUT2D eigenvalue weighted by Crippen LogP contribution is -2.49. The second-order valence-corrected chi connectivity index (χ2v) is 6.11. The first-order chi connectivity index (χ1) is 11.7. The Kier molecular flexibility index (Phi) is 3.82. The molecule has 2 atom stereocenters. The summed E-state index contributed by atoms with van der Waals surface area (Å²) in [6.45, 7) is 0.576. The van der Waals surface area contributed by atoms with Crippen LogP contribution in [0, 0.1) is 0 Å². The van der Waals surface area contributed by atoms with Crippen molar-refractivity contribution >= 4 is 11.6 Å². The van der Waals surface area contributed by atoms with Crippen molar-refractivity contribution in [2.75, 3.05) is 7.11 Å². The van der Waals surface area contributed by atoms with Crippen LogP contribution in [0.15, 0.2) is 53.7 Å². The number of nitrogens with one attached hydrogen (secondary N) is 1. The Morgan fingerprint density at radius 3 is 2.88 bits per heavy atom. The van der Waals surface area contributed by atoms with Gasteiger partial charge in [-0.05, 0) is 30.2 Å². The molecule has 1 saturated heterocycles. The van der Waals surface area contributed by atoms with Crippen LogP contribution >= 0.6 is 0 Å². The molecule has 1 aliphatic carbocycles. The van der Waals surface area contributed by atoms with Gasteiger partial charge in [0.2, 0.25) is 5.91 Å². The van der Waals surface area contributed by atoms with Gasteiger partial charge in [-0.3, -0.25) is 4.79 Å². The summed E-state index contributed by atoms with van der Waals surface area (Å²) < 4.78 is 5.19. The minimum Gasteiger partial charge on any atom is -0.497 e. The van der Waals surface area contributed by atoms with E-state index in [1.807, 2.05) is 52.5 Å². The quantitative estimate of drug-likeness (QED) is 0.918. The van der Waals surface area contributed by atoms with E-state index >= 15 is 0 Å². The maximum atomic E-state index is 12.4. The van der Waals surface area contributed by atoms with E-state index in [0.29, 0.717) is 13.0 Å². The molecular formula is C18H20N4O2. The van der Waals surface area contributed by atoms with Gasteiger partial charge in [-0.2, -0.15) is 5.10 Å². The lowest BCUT2D eigenvalue weighted by Gasteiger charge is -2.31. The van der Waals surface area contributed by atoms with Gasteiger partial charge in [-0.1, -0.05) is 30.4 Å². The number of methoxy groups -OCH3 is 1. The average Bonchev–Trinajstić information content (AvgIpc) is 3.19. The van der Waals surface area contributed by atoms with E-state index < -0.39 is 0 Å². The van der Waals surface area contributed by atoms with Crippen LogP contribution in [0.2, 0.25) is 0 Å². The molecule has 3 aliphatic rings. The van der Waals surface area contributed by atoms with Crippen LogP contribution in [-0.2, 0) is 11.3 Å². The van der Waals surface area contributed by atoms with Gasteiger partial charge in [0.05, 0.1) is 18.9 Å². The number of carbonyl (C=O) groups is 1. The maximum Gasteiger partial charge on any atom is 0.224 e. The zero-order valence-corrected chi connectivity index (χ0v) is 13.6. The first-order valence-corrected chi connectivity index (χ1v) is 8.16. The molecule has 124 valence electrons. The lowest BCUT2D eigenvalue weighted by molar-refractivity contribution is -0.132. The largest absolute Gasteiger partial charge is 0.497 e.